The van der Waals surface area contributed by atoms with E-state index in [1.54, 1.807) is 6.92 Å². The van der Waals surface area contributed by atoms with Crippen molar-refractivity contribution in [2.24, 2.45) is 0 Å². The molecule has 0 aromatic rings. The van der Waals surface area contributed by atoms with Crippen LogP contribution in [-0.4, -0.2) is 6.10 Å². The highest BCUT2D eigenvalue weighted by molar-refractivity contribution is 8.05. The highest BCUT2D eigenvalue weighted by Gasteiger charge is 2.22. The summed E-state index contributed by atoms with van der Waals surface area (Å²) >= 11 is 10.6. The van der Waals surface area contributed by atoms with E-state index in [9.17, 15) is 4.57 Å². The van der Waals surface area contributed by atoms with Crippen LogP contribution in [0.3, 0.4) is 0 Å². The molecule has 0 saturated carbocycles. The van der Waals surface area contributed by atoms with E-state index in [1.165, 1.54) is 0 Å². The second kappa shape index (κ2) is 5.21. The summed E-state index contributed by atoms with van der Waals surface area (Å²) in [6.07, 6.45) is -3.38. The lowest BCUT2D eigenvalue weighted by Gasteiger charge is -2.17. The molecule has 0 radical (unpaired) electrons. The zero-order chi connectivity index (χ0) is 10.6. The molecule has 1 atom stereocenters. The molecule has 5 heteroatoms. The molecule has 0 aliphatic rings. The summed E-state index contributed by atoms with van der Waals surface area (Å²) in [5, 5.41) is 0. The monoisotopic (exact) mass is 242 g/mol. The largest absolute Gasteiger partial charge is 0.380 e. The molecule has 2 nitrogen and oxygen atoms in total. The Morgan fingerprint density at radius 1 is 1.46 bits per heavy atom. The molecule has 0 bridgehead atoms. The molecular weight excluding hydrogens is 230 g/mol. The number of halogens is 2. The Kier molecular flexibility index (Phi) is 5.31. The van der Waals surface area contributed by atoms with Crippen molar-refractivity contribution in [3.63, 3.8) is 0 Å². The fourth-order valence-corrected chi connectivity index (χ4v) is 1.89. The van der Waals surface area contributed by atoms with Crippen molar-refractivity contribution in [2.75, 3.05) is 0 Å². The van der Waals surface area contributed by atoms with Gasteiger partial charge < -0.3 is 0 Å². The van der Waals surface area contributed by atoms with Gasteiger partial charge in [-0.2, -0.15) is 0 Å². The fraction of sp³-hybridized carbons (Fsp3) is 0.500. The zero-order valence-electron chi connectivity index (χ0n) is 7.72. The van der Waals surface area contributed by atoms with Gasteiger partial charge in [-0.3, -0.25) is 9.09 Å². The van der Waals surface area contributed by atoms with Crippen molar-refractivity contribution in [1.82, 2.24) is 0 Å². The van der Waals surface area contributed by atoms with E-state index in [0.29, 0.717) is 6.42 Å². The summed E-state index contributed by atoms with van der Waals surface area (Å²) in [7, 11) is 0. The van der Waals surface area contributed by atoms with Gasteiger partial charge in [0.2, 0.25) is 0 Å². The van der Waals surface area contributed by atoms with Gasteiger partial charge in [-0.1, -0.05) is 17.7 Å². The number of hydrogen-bond donors (Lipinski definition) is 0. The second-order valence-electron chi connectivity index (χ2n) is 3.02. The number of hydrogen-bond acceptors (Lipinski definition) is 2. The van der Waals surface area contributed by atoms with Crippen LogP contribution >= 0.6 is 28.6 Å². The molecule has 0 spiro atoms. The van der Waals surface area contributed by atoms with Crippen LogP contribution in [0.2, 0.25) is 0 Å². The van der Waals surface area contributed by atoms with Crippen LogP contribution < -0.4 is 0 Å². The molecule has 0 N–H and O–H groups in total. The predicted octanol–water partition coefficient (Wildman–Crippen LogP) is 4.50. The standard InChI is InChI=1S/C8H13Cl2O2P/c1-6(2)5-8(7(3)4)12-13(9,10)11/h8H,1,3,5H2,2,4H3. The second-order valence-corrected chi connectivity index (χ2v) is 7.25. The van der Waals surface area contributed by atoms with Gasteiger partial charge in [0, 0.05) is 0 Å². The first-order chi connectivity index (χ1) is 5.72. The Labute approximate surface area is 88.6 Å². The van der Waals surface area contributed by atoms with Crippen LogP contribution in [0.5, 0.6) is 0 Å². The summed E-state index contributed by atoms with van der Waals surface area (Å²) in [5.41, 5.74) is 1.62. The van der Waals surface area contributed by atoms with Crippen LogP contribution in [0.4, 0.5) is 0 Å². The van der Waals surface area contributed by atoms with E-state index in [1.807, 2.05) is 6.92 Å². The van der Waals surface area contributed by atoms with Gasteiger partial charge in [-0.15, -0.1) is 6.58 Å². The van der Waals surface area contributed by atoms with Crippen molar-refractivity contribution in [2.45, 2.75) is 26.4 Å². The van der Waals surface area contributed by atoms with Crippen molar-refractivity contribution >= 4 is 28.6 Å². The molecule has 1 unspecified atom stereocenters. The van der Waals surface area contributed by atoms with Gasteiger partial charge in [0.05, 0.1) is 6.10 Å². The quantitative estimate of drug-likeness (QED) is 0.524. The molecule has 13 heavy (non-hydrogen) atoms. The Morgan fingerprint density at radius 2 is 1.92 bits per heavy atom. The minimum atomic E-state index is -3.49. The molecule has 0 saturated heterocycles. The zero-order valence-corrected chi connectivity index (χ0v) is 10.1. The van der Waals surface area contributed by atoms with Crippen molar-refractivity contribution < 1.29 is 9.09 Å². The molecule has 0 aromatic heterocycles. The summed E-state index contributed by atoms with van der Waals surface area (Å²) < 4.78 is 15.9. The molecule has 0 amide bonds. The van der Waals surface area contributed by atoms with Crippen LogP contribution in [0.15, 0.2) is 24.3 Å². The van der Waals surface area contributed by atoms with E-state index in [2.05, 4.69) is 13.2 Å². The Hall–Kier alpha value is 0.250. The maximum atomic E-state index is 10.9. The van der Waals surface area contributed by atoms with Crippen LogP contribution in [0, 0.1) is 0 Å². The first-order valence-corrected chi connectivity index (χ1v) is 7.13. The van der Waals surface area contributed by atoms with E-state index >= 15 is 0 Å². The summed E-state index contributed by atoms with van der Waals surface area (Å²) in [4.78, 5) is 0. The lowest BCUT2D eigenvalue weighted by atomic mass is 10.1. The van der Waals surface area contributed by atoms with Crippen LogP contribution in [-0.2, 0) is 9.09 Å². The third-order valence-electron chi connectivity index (χ3n) is 1.33. The molecule has 0 aromatic carbocycles. The molecular formula is C8H13Cl2O2P. The SMILES string of the molecule is C=C(C)CC(OP(=O)(Cl)Cl)C(=C)C. The summed E-state index contributed by atoms with van der Waals surface area (Å²) in [5.74, 6) is 0. The van der Waals surface area contributed by atoms with E-state index < -0.39 is 12.2 Å². The summed E-state index contributed by atoms with van der Waals surface area (Å²) in [6.45, 7) is 11.0. The lowest BCUT2D eigenvalue weighted by Crippen LogP contribution is -2.10. The molecule has 0 aliphatic carbocycles. The topological polar surface area (TPSA) is 26.3 Å². The summed E-state index contributed by atoms with van der Waals surface area (Å²) in [6, 6.07) is 0. The molecule has 76 valence electrons. The van der Waals surface area contributed by atoms with E-state index in [-0.39, 0.29) is 0 Å². The van der Waals surface area contributed by atoms with Gasteiger partial charge in [-0.25, -0.2) is 0 Å². The Morgan fingerprint density at radius 3 is 2.15 bits per heavy atom. The Bertz CT molecular complexity index is 257. The normalized spacial score (nSPS) is 13.8. The highest BCUT2D eigenvalue weighted by atomic mass is 35.9. The van der Waals surface area contributed by atoms with Crippen molar-refractivity contribution in [3.05, 3.63) is 24.3 Å². The number of rotatable bonds is 5. The first kappa shape index (κ1) is 13.2. The Balaban J connectivity index is 4.36. The highest BCUT2D eigenvalue weighted by Crippen LogP contribution is 2.59. The maximum Gasteiger partial charge on any atom is 0.380 e. The molecule has 0 rings (SSSR count). The van der Waals surface area contributed by atoms with Crippen LogP contribution in [0.1, 0.15) is 20.3 Å². The average molecular weight is 243 g/mol. The minimum Gasteiger partial charge on any atom is -0.298 e. The van der Waals surface area contributed by atoms with Crippen molar-refractivity contribution in [3.8, 4) is 0 Å². The molecule has 0 fully saturated rings. The van der Waals surface area contributed by atoms with Gasteiger partial charge in [0.25, 0.3) is 0 Å². The average Bonchev–Trinajstić information content (AvgIpc) is 1.81. The van der Waals surface area contributed by atoms with Gasteiger partial charge in [0.15, 0.2) is 0 Å². The predicted molar refractivity (Wildman–Crippen MR) is 58.4 cm³/mol. The van der Waals surface area contributed by atoms with Gasteiger partial charge in [-0.05, 0) is 42.7 Å². The van der Waals surface area contributed by atoms with Crippen LogP contribution in [0.25, 0.3) is 0 Å². The van der Waals surface area contributed by atoms with Gasteiger partial charge in [0.1, 0.15) is 0 Å². The lowest BCUT2D eigenvalue weighted by molar-refractivity contribution is 0.254. The van der Waals surface area contributed by atoms with Gasteiger partial charge >= 0.3 is 6.07 Å². The van der Waals surface area contributed by atoms with E-state index in [4.69, 9.17) is 27.0 Å². The fourth-order valence-electron chi connectivity index (χ4n) is 0.766. The molecule has 0 aliphatic heterocycles. The third-order valence-corrected chi connectivity index (χ3v) is 2.31. The van der Waals surface area contributed by atoms with Crippen molar-refractivity contribution in [1.29, 1.82) is 0 Å². The smallest absolute Gasteiger partial charge is 0.298 e. The first-order valence-electron chi connectivity index (χ1n) is 3.70. The maximum absolute atomic E-state index is 10.9. The third kappa shape index (κ3) is 7.33. The molecule has 0 heterocycles. The minimum absolute atomic E-state index is 0.418. The van der Waals surface area contributed by atoms with E-state index in [0.717, 1.165) is 11.1 Å².